The first-order valence-corrected chi connectivity index (χ1v) is 9.71. The van der Waals surface area contributed by atoms with Gasteiger partial charge in [-0.3, -0.25) is 4.79 Å². The predicted octanol–water partition coefficient (Wildman–Crippen LogP) is 4.85. The third-order valence-corrected chi connectivity index (χ3v) is 5.90. The lowest BCUT2D eigenvalue weighted by Gasteiger charge is -2.45. The highest BCUT2D eigenvalue weighted by atomic mass is 16.4. The van der Waals surface area contributed by atoms with Gasteiger partial charge in [-0.05, 0) is 47.7 Å². The van der Waals surface area contributed by atoms with Crippen LogP contribution >= 0.6 is 0 Å². The van der Waals surface area contributed by atoms with Gasteiger partial charge >= 0.3 is 11.9 Å². The fraction of sp³-hybridized carbons (Fsp3) is 0.160. The van der Waals surface area contributed by atoms with Crippen molar-refractivity contribution in [1.82, 2.24) is 0 Å². The Labute approximate surface area is 173 Å². The summed E-state index contributed by atoms with van der Waals surface area (Å²) in [5.41, 5.74) is 2.97. The molecule has 1 aliphatic rings. The van der Waals surface area contributed by atoms with Crippen molar-refractivity contribution in [2.24, 2.45) is 5.92 Å². The smallest absolute Gasteiger partial charge is 0.335 e. The zero-order chi connectivity index (χ0) is 21.3. The summed E-state index contributed by atoms with van der Waals surface area (Å²) in [6.07, 6.45) is 0.658. The Balaban J connectivity index is 1.67. The SMILES string of the molecule is O=C(O)c1ccc([C@@H]2[C@@H](C(=O)c3ccccc3)C[C@H]2c2ccc(C(=O)O)cc2)cc1. The maximum Gasteiger partial charge on any atom is 0.335 e. The maximum absolute atomic E-state index is 13.1. The van der Waals surface area contributed by atoms with Crippen LogP contribution in [0.5, 0.6) is 0 Å². The van der Waals surface area contributed by atoms with Crippen molar-refractivity contribution in [2.75, 3.05) is 0 Å². The van der Waals surface area contributed by atoms with Gasteiger partial charge in [0.15, 0.2) is 5.78 Å². The fourth-order valence-electron chi connectivity index (χ4n) is 4.27. The number of benzene rings is 3. The molecule has 5 heteroatoms. The van der Waals surface area contributed by atoms with E-state index < -0.39 is 11.9 Å². The van der Waals surface area contributed by atoms with Gasteiger partial charge in [0.05, 0.1) is 11.1 Å². The van der Waals surface area contributed by atoms with Crippen LogP contribution in [0.3, 0.4) is 0 Å². The van der Waals surface area contributed by atoms with Crippen molar-refractivity contribution < 1.29 is 24.6 Å². The number of carbonyl (C=O) groups excluding carboxylic acids is 1. The van der Waals surface area contributed by atoms with Crippen LogP contribution in [0.25, 0.3) is 0 Å². The number of hydrogen-bond donors (Lipinski definition) is 2. The van der Waals surface area contributed by atoms with Gasteiger partial charge in [-0.25, -0.2) is 9.59 Å². The molecule has 0 radical (unpaired) electrons. The molecule has 4 rings (SSSR count). The molecule has 3 atom stereocenters. The molecule has 0 spiro atoms. The summed E-state index contributed by atoms with van der Waals surface area (Å²) in [5.74, 6) is -2.16. The average Bonchev–Trinajstić information content (AvgIpc) is 2.74. The molecule has 0 heterocycles. The van der Waals surface area contributed by atoms with Gasteiger partial charge in [0, 0.05) is 17.4 Å². The first kappa shape index (κ1) is 19.6. The Bertz CT molecular complexity index is 1080. The molecular weight excluding hydrogens is 380 g/mol. The number of aromatic carboxylic acids is 2. The Morgan fingerprint density at radius 1 is 0.633 bits per heavy atom. The lowest BCUT2D eigenvalue weighted by Crippen LogP contribution is -2.38. The predicted molar refractivity (Wildman–Crippen MR) is 111 cm³/mol. The van der Waals surface area contributed by atoms with Crippen LogP contribution in [0.1, 0.15) is 60.5 Å². The van der Waals surface area contributed by atoms with E-state index >= 15 is 0 Å². The molecular formula is C25H20O5. The van der Waals surface area contributed by atoms with Crippen LogP contribution < -0.4 is 0 Å². The number of carboxylic acids is 2. The molecule has 2 N–H and O–H groups in total. The van der Waals surface area contributed by atoms with Gasteiger partial charge in [-0.1, -0.05) is 54.6 Å². The molecule has 1 saturated carbocycles. The average molecular weight is 400 g/mol. The lowest BCUT2D eigenvalue weighted by molar-refractivity contribution is 0.0685. The highest BCUT2D eigenvalue weighted by molar-refractivity contribution is 5.99. The number of rotatable bonds is 6. The zero-order valence-electron chi connectivity index (χ0n) is 16.1. The number of carbonyl (C=O) groups is 3. The molecule has 0 aromatic heterocycles. The van der Waals surface area contributed by atoms with E-state index in [2.05, 4.69) is 0 Å². The van der Waals surface area contributed by atoms with Crippen molar-refractivity contribution in [3.63, 3.8) is 0 Å². The molecule has 30 heavy (non-hydrogen) atoms. The van der Waals surface area contributed by atoms with Crippen molar-refractivity contribution in [3.05, 3.63) is 107 Å². The van der Waals surface area contributed by atoms with Crippen molar-refractivity contribution in [2.45, 2.75) is 18.3 Å². The van der Waals surface area contributed by atoms with Gasteiger partial charge in [0.25, 0.3) is 0 Å². The molecule has 0 amide bonds. The number of carboxylic acid groups (broad SMARTS) is 2. The Kier molecular flexibility index (Phi) is 5.19. The number of hydrogen-bond acceptors (Lipinski definition) is 3. The molecule has 3 aromatic carbocycles. The van der Waals surface area contributed by atoms with E-state index in [1.54, 1.807) is 48.5 Å². The maximum atomic E-state index is 13.1. The molecule has 5 nitrogen and oxygen atoms in total. The molecule has 0 bridgehead atoms. The standard InChI is InChI=1S/C25H20O5/c26-23(17-4-2-1-3-5-17)21-14-20(15-6-10-18(11-7-15)24(27)28)22(21)16-8-12-19(13-9-16)25(29)30/h1-13,20-22H,14H2,(H,27,28)(H,29,30)/t20-,21-,22-/m0/s1. The third-order valence-electron chi connectivity index (χ3n) is 5.90. The molecule has 0 aliphatic heterocycles. The van der Waals surface area contributed by atoms with Crippen LogP contribution in [0.15, 0.2) is 78.9 Å². The fourth-order valence-corrected chi connectivity index (χ4v) is 4.27. The van der Waals surface area contributed by atoms with Gasteiger partial charge in [0.1, 0.15) is 0 Å². The molecule has 0 unspecified atom stereocenters. The van der Waals surface area contributed by atoms with Crippen molar-refractivity contribution in [1.29, 1.82) is 0 Å². The number of ketones is 1. The van der Waals surface area contributed by atoms with Gasteiger partial charge in [-0.2, -0.15) is 0 Å². The van der Waals surface area contributed by atoms with E-state index in [0.29, 0.717) is 12.0 Å². The normalized spacial score (nSPS) is 20.2. The second-order valence-corrected chi connectivity index (χ2v) is 7.56. The molecule has 1 aliphatic carbocycles. The zero-order valence-corrected chi connectivity index (χ0v) is 16.1. The third kappa shape index (κ3) is 3.62. The first-order valence-electron chi connectivity index (χ1n) is 9.71. The molecule has 0 saturated heterocycles. The van der Waals surface area contributed by atoms with E-state index in [4.69, 9.17) is 5.11 Å². The van der Waals surface area contributed by atoms with Crippen LogP contribution in [0.4, 0.5) is 0 Å². The minimum absolute atomic E-state index is 0.0567. The Hall–Kier alpha value is -3.73. The lowest BCUT2D eigenvalue weighted by atomic mass is 9.57. The number of Topliss-reactive ketones (excluding diaryl/α,β-unsaturated/α-hetero) is 1. The van der Waals surface area contributed by atoms with Crippen LogP contribution in [0.2, 0.25) is 0 Å². The minimum atomic E-state index is -0.993. The first-order chi connectivity index (χ1) is 14.5. The Morgan fingerprint density at radius 3 is 1.63 bits per heavy atom. The van der Waals surface area contributed by atoms with E-state index in [-0.39, 0.29) is 34.7 Å². The van der Waals surface area contributed by atoms with E-state index in [0.717, 1.165) is 11.1 Å². The summed E-state index contributed by atoms with van der Waals surface area (Å²) >= 11 is 0. The van der Waals surface area contributed by atoms with Crippen molar-refractivity contribution >= 4 is 17.7 Å². The summed E-state index contributed by atoms with van der Waals surface area (Å²) in [5, 5.41) is 18.3. The summed E-state index contributed by atoms with van der Waals surface area (Å²) in [6.45, 7) is 0. The highest BCUT2D eigenvalue weighted by Crippen LogP contribution is 2.54. The Morgan fingerprint density at radius 2 is 1.13 bits per heavy atom. The second kappa shape index (κ2) is 7.95. The second-order valence-electron chi connectivity index (χ2n) is 7.56. The van der Waals surface area contributed by atoms with E-state index in [1.807, 2.05) is 30.3 Å². The van der Waals surface area contributed by atoms with Gasteiger partial charge in [-0.15, -0.1) is 0 Å². The van der Waals surface area contributed by atoms with E-state index in [9.17, 15) is 19.5 Å². The highest BCUT2D eigenvalue weighted by Gasteiger charge is 2.46. The summed E-state index contributed by atoms with van der Waals surface area (Å²) in [4.78, 5) is 35.5. The molecule has 150 valence electrons. The van der Waals surface area contributed by atoms with E-state index in [1.165, 1.54) is 0 Å². The largest absolute Gasteiger partial charge is 0.478 e. The monoisotopic (exact) mass is 400 g/mol. The van der Waals surface area contributed by atoms with Crippen LogP contribution in [-0.2, 0) is 0 Å². The summed E-state index contributed by atoms with van der Waals surface area (Å²) < 4.78 is 0. The van der Waals surface area contributed by atoms with Gasteiger partial charge in [0.2, 0.25) is 0 Å². The topological polar surface area (TPSA) is 91.7 Å². The quantitative estimate of drug-likeness (QED) is 0.577. The summed E-state index contributed by atoms with van der Waals surface area (Å²) in [7, 11) is 0. The van der Waals surface area contributed by atoms with Crippen molar-refractivity contribution in [3.8, 4) is 0 Å². The molecule has 1 fully saturated rings. The van der Waals surface area contributed by atoms with Crippen LogP contribution in [0, 0.1) is 5.92 Å². The molecule has 3 aromatic rings. The van der Waals surface area contributed by atoms with Crippen LogP contribution in [-0.4, -0.2) is 27.9 Å². The minimum Gasteiger partial charge on any atom is -0.478 e. The van der Waals surface area contributed by atoms with Gasteiger partial charge < -0.3 is 10.2 Å². The summed E-state index contributed by atoms with van der Waals surface area (Å²) in [6, 6.07) is 22.6.